The second kappa shape index (κ2) is 6.40. The highest BCUT2D eigenvalue weighted by Crippen LogP contribution is 2.22. The van der Waals surface area contributed by atoms with Crippen LogP contribution in [0.15, 0.2) is 30.0 Å². The molecule has 86 valence electrons. The van der Waals surface area contributed by atoms with Crippen LogP contribution >= 0.6 is 0 Å². The molecule has 2 nitrogen and oxygen atoms in total. The average molecular weight is 224 g/mol. The van der Waals surface area contributed by atoms with Gasteiger partial charge in [-0.15, -0.1) is 12.3 Å². The highest BCUT2D eigenvalue weighted by Gasteiger charge is 2.07. The van der Waals surface area contributed by atoms with Gasteiger partial charge < -0.3 is 5.32 Å². The maximum Gasteiger partial charge on any atom is 0.118 e. The molecule has 0 radical (unpaired) electrons. The minimum atomic E-state index is 0.455. The smallest absolute Gasteiger partial charge is 0.118 e. The molecule has 1 N–H and O–H groups in total. The quantitative estimate of drug-likeness (QED) is 0.630. The Balaban J connectivity index is 3.29. The van der Waals surface area contributed by atoms with Crippen molar-refractivity contribution in [3.8, 4) is 18.4 Å². The lowest BCUT2D eigenvalue weighted by atomic mass is 9.98. The van der Waals surface area contributed by atoms with Crippen LogP contribution in [-0.4, -0.2) is 7.05 Å². The molecule has 0 unspecified atom stereocenters. The molecular weight excluding hydrogens is 208 g/mol. The van der Waals surface area contributed by atoms with Crippen molar-refractivity contribution < 1.29 is 0 Å². The number of nitrogens with zero attached hydrogens (tertiary/aromatic N) is 1. The molecule has 0 amide bonds. The van der Waals surface area contributed by atoms with Crippen molar-refractivity contribution in [2.45, 2.75) is 19.8 Å². The Hall–Kier alpha value is -2.19. The predicted octanol–water partition coefficient (Wildman–Crippen LogP) is 2.73. The minimum Gasteiger partial charge on any atom is -0.379 e. The summed E-state index contributed by atoms with van der Waals surface area (Å²) in [5, 5.41) is 12.0. The Morgan fingerprint density at radius 1 is 1.47 bits per heavy atom. The maximum absolute atomic E-state index is 9.07. The van der Waals surface area contributed by atoms with Crippen LogP contribution in [0, 0.1) is 23.7 Å². The molecule has 17 heavy (non-hydrogen) atoms. The first-order valence-corrected chi connectivity index (χ1v) is 5.60. The zero-order chi connectivity index (χ0) is 12.7. The van der Waals surface area contributed by atoms with E-state index in [1.807, 2.05) is 12.1 Å². The summed E-state index contributed by atoms with van der Waals surface area (Å²) in [7, 11) is 1.73. The zero-order valence-electron chi connectivity index (χ0n) is 10.2. The lowest BCUT2D eigenvalue weighted by Gasteiger charge is -2.09. The first-order valence-electron chi connectivity index (χ1n) is 5.60. The van der Waals surface area contributed by atoms with Crippen molar-refractivity contribution in [1.29, 1.82) is 5.26 Å². The number of terminal acetylenes is 1. The van der Waals surface area contributed by atoms with Gasteiger partial charge in [0.2, 0.25) is 0 Å². The van der Waals surface area contributed by atoms with Gasteiger partial charge in [-0.05, 0) is 17.5 Å². The van der Waals surface area contributed by atoms with E-state index in [1.165, 1.54) is 5.56 Å². The van der Waals surface area contributed by atoms with E-state index in [4.69, 9.17) is 11.7 Å². The summed E-state index contributed by atoms with van der Waals surface area (Å²) >= 11 is 0. The number of benzene rings is 1. The molecule has 0 heterocycles. The summed E-state index contributed by atoms with van der Waals surface area (Å²) in [6.07, 6.45) is 6.79. The van der Waals surface area contributed by atoms with E-state index in [9.17, 15) is 0 Å². The molecule has 0 saturated heterocycles. The Labute approximate surface area is 103 Å². The molecule has 0 saturated carbocycles. The highest BCUT2D eigenvalue weighted by molar-refractivity contribution is 5.73. The van der Waals surface area contributed by atoms with Gasteiger partial charge in [0.25, 0.3) is 0 Å². The van der Waals surface area contributed by atoms with Crippen LogP contribution in [0.4, 0.5) is 0 Å². The number of hydrogen-bond donors (Lipinski definition) is 1. The Bertz CT molecular complexity index is 498. The van der Waals surface area contributed by atoms with E-state index in [0.29, 0.717) is 12.1 Å². The van der Waals surface area contributed by atoms with Crippen molar-refractivity contribution in [3.05, 3.63) is 41.1 Å². The molecule has 1 rings (SSSR count). The number of nitriles is 1. The first kappa shape index (κ1) is 12.9. The van der Waals surface area contributed by atoms with Gasteiger partial charge in [0.05, 0.1) is 0 Å². The van der Waals surface area contributed by atoms with Crippen LogP contribution in [0.2, 0.25) is 0 Å². The number of rotatable bonds is 4. The average Bonchev–Trinajstić information content (AvgIpc) is 2.39. The summed E-state index contributed by atoms with van der Waals surface area (Å²) in [6, 6.07) is 10.3. The maximum atomic E-state index is 9.07. The van der Waals surface area contributed by atoms with Crippen molar-refractivity contribution in [3.63, 3.8) is 0 Å². The highest BCUT2D eigenvalue weighted by atomic mass is 14.8. The van der Waals surface area contributed by atoms with E-state index in [1.54, 1.807) is 7.05 Å². The van der Waals surface area contributed by atoms with Crippen molar-refractivity contribution in [2.24, 2.45) is 0 Å². The third-order valence-electron chi connectivity index (χ3n) is 2.63. The van der Waals surface area contributed by atoms with Gasteiger partial charge in [-0.3, -0.25) is 0 Å². The lowest BCUT2D eigenvalue weighted by Crippen LogP contribution is -2.07. The molecule has 0 aliphatic carbocycles. The van der Waals surface area contributed by atoms with Crippen LogP contribution in [0.25, 0.3) is 5.57 Å². The molecule has 1 aromatic carbocycles. The SMILES string of the molecule is C#CC/C(=C(/C#N)NC)c1cccc(CC)c1. The molecular formula is C15H16N2. The first-order chi connectivity index (χ1) is 8.26. The van der Waals surface area contributed by atoms with E-state index < -0.39 is 0 Å². The molecule has 0 aliphatic heterocycles. The third-order valence-corrected chi connectivity index (χ3v) is 2.63. The fourth-order valence-electron chi connectivity index (χ4n) is 1.69. The molecule has 0 bridgehead atoms. The number of hydrogen-bond acceptors (Lipinski definition) is 2. The zero-order valence-corrected chi connectivity index (χ0v) is 10.2. The summed E-state index contributed by atoms with van der Waals surface area (Å²) in [4.78, 5) is 0. The molecule has 2 heteroatoms. The third kappa shape index (κ3) is 3.13. The monoisotopic (exact) mass is 224 g/mol. The minimum absolute atomic E-state index is 0.455. The van der Waals surface area contributed by atoms with Gasteiger partial charge in [0.1, 0.15) is 11.8 Å². The standard InChI is InChI=1S/C15H16N2/c1-4-7-14(15(11-16)17-3)13-9-6-8-12(5-2)10-13/h1,6,8-10,17H,5,7H2,2-3H3/b15-14+. The van der Waals surface area contributed by atoms with Crippen molar-refractivity contribution in [2.75, 3.05) is 7.05 Å². The Morgan fingerprint density at radius 3 is 2.76 bits per heavy atom. The van der Waals surface area contributed by atoms with Crippen molar-refractivity contribution in [1.82, 2.24) is 5.32 Å². The van der Waals surface area contributed by atoms with Gasteiger partial charge in [-0.2, -0.15) is 5.26 Å². The Morgan fingerprint density at radius 2 is 2.24 bits per heavy atom. The van der Waals surface area contributed by atoms with E-state index in [-0.39, 0.29) is 0 Å². The van der Waals surface area contributed by atoms with Gasteiger partial charge in [-0.1, -0.05) is 31.2 Å². The number of aryl methyl sites for hydroxylation is 1. The van der Waals surface area contributed by atoms with Crippen LogP contribution in [0.1, 0.15) is 24.5 Å². The van der Waals surface area contributed by atoms with Crippen LogP contribution < -0.4 is 5.32 Å². The normalized spacial score (nSPS) is 11.1. The van der Waals surface area contributed by atoms with Gasteiger partial charge in [-0.25, -0.2) is 0 Å². The van der Waals surface area contributed by atoms with Gasteiger partial charge in [0.15, 0.2) is 0 Å². The fourth-order valence-corrected chi connectivity index (χ4v) is 1.69. The lowest BCUT2D eigenvalue weighted by molar-refractivity contribution is 1.03. The molecule has 1 aromatic rings. The Kier molecular flexibility index (Phi) is 4.85. The summed E-state index contributed by atoms with van der Waals surface area (Å²) in [5.74, 6) is 2.60. The summed E-state index contributed by atoms with van der Waals surface area (Å²) < 4.78 is 0. The van der Waals surface area contributed by atoms with E-state index in [2.05, 4.69) is 36.4 Å². The van der Waals surface area contributed by atoms with Gasteiger partial charge >= 0.3 is 0 Å². The van der Waals surface area contributed by atoms with Crippen LogP contribution in [0.5, 0.6) is 0 Å². The second-order valence-corrected chi connectivity index (χ2v) is 3.65. The number of allylic oxidation sites excluding steroid dienone is 2. The van der Waals surface area contributed by atoms with Crippen LogP contribution in [0.3, 0.4) is 0 Å². The molecule has 0 spiro atoms. The largest absolute Gasteiger partial charge is 0.379 e. The molecule has 0 aliphatic rings. The van der Waals surface area contributed by atoms with E-state index >= 15 is 0 Å². The molecule has 0 fully saturated rings. The predicted molar refractivity (Wildman–Crippen MR) is 70.9 cm³/mol. The molecule has 0 aromatic heterocycles. The summed E-state index contributed by atoms with van der Waals surface area (Å²) in [6.45, 7) is 2.10. The van der Waals surface area contributed by atoms with E-state index in [0.717, 1.165) is 17.6 Å². The second-order valence-electron chi connectivity index (χ2n) is 3.65. The van der Waals surface area contributed by atoms with Gasteiger partial charge in [0, 0.05) is 19.0 Å². The fraction of sp³-hybridized carbons (Fsp3) is 0.267. The van der Waals surface area contributed by atoms with Crippen LogP contribution in [-0.2, 0) is 6.42 Å². The molecule has 0 atom stereocenters. The van der Waals surface area contributed by atoms with Crippen molar-refractivity contribution >= 4 is 5.57 Å². The summed E-state index contributed by atoms with van der Waals surface area (Å²) in [5.41, 5.74) is 3.68. The number of nitrogens with one attached hydrogen (secondary N) is 1. The topological polar surface area (TPSA) is 35.8 Å².